The lowest BCUT2D eigenvalue weighted by Gasteiger charge is -2.27. The van der Waals surface area contributed by atoms with Crippen LogP contribution in [0.15, 0.2) is 69.9 Å². The van der Waals surface area contributed by atoms with Gasteiger partial charge >= 0.3 is 7.82 Å². The average Bonchev–Trinajstić information content (AvgIpc) is 2.83. The van der Waals surface area contributed by atoms with Crippen molar-refractivity contribution in [1.82, 2.24) is 0 Å². The van der Waals surface area contributed by atoms with Gasteiger partial charge in [-0.25, -0.2) is 4.57 Å². The van der Waals surface area contributed by atoms with Crippen LogP contribution < -0.4 is 15.9 Å². The van der Waals surface area contributed by atoms with Gasteiger partial charge in [-0.1, -0.05) is 23.8 Å². The molecule has 3 aromatic carbocycles. The molecule has 4 aromatic rings. The summed E-state index contributed by atoms with van der Waals surface area (Å²) in [6.07, 6.45) is 0.520. The Bertz CT molecular complexity index is 1460. The van der Waals surface area contributed by atoms with Gasteiger partial charge in [0.2, 0.25) is 5.43 Å². The Morgan fingerprint density at radius 3 is 2.37 bits per heavy atom. The summed E-state index contributed by atoms with van der Waals surface area (Å²) >= 11 is 0. The van der Waals surface area contributed by atoms with Crippen molar-refractivity contribution in [1.29, 1.82) is 0 Å². The van der Waals surface area contributed by atoms with Crippen LogP contribution >= 0.6 is 7.82 Å². The van der Waals surface area contributed by atoms with Crippen LogP contribution in [0.3, 0.4) is 0 Å². The van der Waals surface area contributed by atoms with E-state index in [1.165, 1.54) is 0 Å². The van der Waals surface area contributed by atoms with Gasteiger partial charge in [-0.05, 0) is 61.7 Å². The zero-order valence-corrected chi connectivity index (χ0v) is 19.9. The molecule has 1 unspecified atom stereocenters. The summed E-state index contributed by atoms with van der Waals surface area (Å²) in [6, 6.07) is 17.8. The molecular weight excluding hydrogens is 473 g/mol. The Balaban J connectivity index is 1.57. The van der Waals surface area contributed by atoms with Gasteiger partial charge in [-0.2, -0.15) is 0 Å². The largest absolute Gasteiger partial charge is 0.469 e. The predicted molar refractivity (Wildman–Crippen MR) is 132 cm³/mol. The zero-order valence-electron chi connectivity index (χ0n) is 19.0. The van der Waals surface area contributed by atoms with E-state index in [9.17, 15) is 14.5 Å². The lowest BCUT2D eigenvalue weighted by molar-refractivity contribution is 0.102. The average molecular weight is 499 g/mol. The molecule has 5 N–H and O–H groups in total. The van der Waals surface area contributed by atoms with E-state index in [-0.39, 0.29) is 11.8 Å². The molecule has 4 rings (SSSR count). The van der Waals surface area contributed by atoms with Gasteiger partial charge < -0.3 is 29.8 Å². The molecule has 0 aliphatic heterocycles. The summed E-state index contributed by atoms with van der Waals surface area (Å²) in [5, 5.41) is 10.4. The quantitative estimate of drug-likeness (QED) is 0.199. The van der Waals surface area contributed by atoms with Crippen LogP contribution in [0.25, 0.3) is 21.9 Å². The van der Waals surface area contributed by atoms with Crippen molar-refractivity contribution < 1.29 is 33.1 Å². The molecule has 0 radical (unpaired) electrons. The number of aliphatic hydroxyl groups excluding tert-OH is 1. The van der Waals surface area contributed by atoms with E-state index in [2.05, 4.69) is 4.52 Å². The standard InChI is InChI=1S/C25H26NO8P/c1-16-2-5-18(6-3-16)33-19-7-8-20-23(13-19)34-22-9-4-17(12-21(22)24(20)28)10-11-25(26,14-27)15-32-35(29,30)31/h2-9,12-13,27H,10-11,14-15,26H2,1H3,(H2,29,30,31). The number of phosphoric acid groups is 1. The normalized spacial score (nSPS) is 13.7. The van der Waals surface area contributed by atoms with Crippen LogP contribution in [-0.2, 0) is 15.5 Å². The van der Waals surface area contributed by atoms with Crippen molar-refractivity contribution >= 4 is 29.8 Å². The number of aryl methyl sites for hydroxylation is 2. The van der Waals surface area contributed by atoms with Gasteiger partial charge in [0.25, 0.3) is 0 Å². The maximum absolute atomic E-state index is 13.1. The number of phosphoric ester groups is 1. The zero-order chi connectivity index (χ0) is 25.2. The van der Waals surface area contributed by atoms with E-state index in [0.717, 1.165) is 11.1 Å². The first kappa shape index (κ1) is 25.1. The minimum absolute atomic E-state index is 0.174. The van der Waals surface area contributed by atoms with E-state index in [0.29, 0.717) is 39.9 Å². The van der Waals surface area contributed by atoms with E-state index < -0.39 is 26.6 Å². The van der Waals surface area contributed by atoms with E-state index >= 15 is 0 Å². The van der Waals surface area contributed by atoms with Gasteiger partial charge in [0.05, 0.1) is 29.5 Å². The van der Waals surface area contributed by atoms with Gasteiger partial charge in [-0.15, -0.1) is 0 Å². The molecular formula is C25H26NO8P. The van der Waals surface area contributed by atoms with Gasteiger partial charge in [-0.3, -0.25) is 9.32 Å². The summed E-state index contributed by atoms with van der Waals surface area (Å²) in [5.41, 5.74) is 7.17. The van der Waals surface area contributed by atoms with E-state index in [4.69, 9.17) is 24.7 Å². The Labute approximate surface area is 201 Å². The Morgan fingerprint density at radius 1 is 0.971 bits per heavy atom. The van der Waals surface area contributed by atoms with Crippen molar-refractivity contribution in [2.75, 3.05) is 13.2 Å². The number of nitrogens with two attached hydrogens (primary N) is 1. The van der Waals surface area contributed by atoms with Crippen molar-refractivity contribution in [3.05, 3.63) is 82.0 Å². The highest BCUT2D eigenvalue weighted by molar-refractivity contribution is 7.46. The molecule has 0 amide bonds. The highest BCUT2D eigenvalue weighted by Gasteiger charge is 2.28. The van der Waals surface area contributed by atoms with Gasteiger partial charge in [0.15, 0.2) is 0 Å². The smallest absolute Gasteiger partial charge is 0.457 e. The number of hydrogen-bond acceptors (Lipinski definition) is 7. The highest BCUT2D eigenvalue weighted by Crippen LogP contribution is 2.37. The minimum atomic E-state index is -4.71. The lowest BCUT2D eigenvalue weighted by Crippen LogP contribution is -2.48. The topological polar surface area (TPSA) is 152 Å². The van der Waals surface area contributed by atoms with Crippen LogP contribution in [0.2, 0.25) is 0 Å². The number of rotatable bonds is 9. The Morgan fingerprint density at radius 2 is 1.69 bits per heavy atom. The molecule has 1 heterocycles. The second-order valence-electron chi connectivity index (χ2n) is 8.62. The Kier molecular flexibility index (Phi) is 7.10. The molecule has 10 heteroatoms. The van der Waals surface area contributed by atoms with Crippen LogP contribution in [-0.4, -0.2) is 33.6 Å². The summed E-state index contributed by atoms with van der Waals surface area (Å²) in [5.74, 6) is 1.22. The second-order valence-corrected chi connectivity index (χ2v) is 9.86. The molecule has 0 saturated carbocycles. The predicted octanol–water partition coefficient (Wildman–Crippen LogP) is 3.78. The number of fused-ring (bicyclic) bond motifs is 2. The fraction of sp³-hybridized carbons (Fsp3) is 0.240. The number of hydrogen-bond donors (Lipinski definition) is 4. The van der Waals surface area contributed by atoms with Crippen LogP contribution in [0.1, 0.15) is 17.5 Å². The molecule has 0 aliphatic rings. The first-order valence-electron chi connectivity index (χ1n) is 10.9. The van der Waals surface area contributed by atoms with Crippen molar-refractivity contribution in [3.8, 4) is 11.5 Å². The number of aliphatic hydroxyl groups is 1. The first-order chi connectivity index (χ1) is 16.5. The maximum atomic E-state index is 13.1. The molecule has 0 saturated heterocycles. The second kappa shape index (κ2) is 9.91. The summed E-state index contributed by atoms with van der Waals surface area (Å²) < 4.78 is 27.3. The molecule has 1 aromatic heterocycles. The Hall–Kier alpha value is -3.04. The van der Waals surface area contributed by atoms with Crippen molar-refractivity contribution in [2.24, 2.45) is 5.73 Å². The third kappa shape index (κ3) is 6.15. The first-order valence-corrected chi connectivity index (χ1v) is 12.4. The third-order valence-corrected chi connectivity index (χ3v) is 6.17. The number of benzene rings is 3. The van der Waals surface area contributed by atoms with Gasteiger partial charge in [0, 0.05) is 6.07 Å². The molecule has 0 aliphatic carbocycles. The highest BCUT2D eigenvalue weighted by atomic mass is 31.2. The summed E-state index contributed by atoms with van der Waals surface area (Å²) in [4.78, 5) is 30.9. The monoisotopic (exact) mass is 499 g/mol. The molecule has 0 spiro atoms. The van der Waals surface area contributed by atoms with Crippen molar-refractivity contribution in [3.63, 3.8) is 0 Å². The van der Waals surface area contributed by atoms with E-state index in [1.54, 1.807) is 36.4 Å². The van der Waals surface area contributed by atoms with Crippen LogP contribution in [0.4, 0.5) is 0 Å². The SMILES string of the molecule is Cc1ccc(Oc2ccc3c(=O)c4cc(CCC(N)(CO)COP(=O)(O)O)ccc4oc3c2)cc1. The fourth-order valence-corrected chi connectivity index (χ4v) is 4.07. The van der Waals surface area contributed by atoms with E-state index in [1.807, 2.05) is 31.2 Å². The number of ether oxygens (including phenoxy) is 1. The third-order valence-electron chi connectivity index (χ3n) is 5.71. The molecule has 184 valence electrons. The summed E-state index contributed by atoms with van der Waals surface area (Å²) in [6.45, 7) is 0.951. The van der Waals surface area contributed by atoms with Gasteiger partial charge in [0.1, 0.15) is 22.7 Å². The molecule has 1 atom stereocenters. The maximum Gasteiger partial charge on any atom is 0.469 e. The van der Waals surface area contributed by atoms with Crippen LogP contribution in [0.5, 0.6) is 11.5 Å². The summed E-state index contributed by atoms with van der Waals surface area (Å²) in [7, 11) is -4.71. The molecule has 0 fully saturated rings. The lowest BCUT2D eigenvalue weighted by atomic mass is 9.93. The van der Waals surface area contributed by atoms with Crippen molar-refractivity contribution in [2.45, 2.75) is 25.3 Å². The molecule has 9 nitrogen and oxygen atoms in total. The minimum Gasteiger partial charge on any atom is -0.457 e. The fourth-order valence-electron chi connectivity index (χ4n) is 3.65. The molecule has 0 bridgehead atoms. The van der Waals surface area contributed by atoms with Crippen LogP contribution in [0, 0.1) is 6.92 Å². The molecule has 35 heavy (non-hydrogen) atoms.